The molecule has 0 aliphatic carbocycles. The first-order valence-corrected chi connectivity index (χ1v) is 29.8. The summed E-state index contributed by atoms with van der Waals surface area (Å²) in [7, 11) is 0. The monoisotopic (exact) mass is 1010 g/mol. The topological polar surface area (TPSA) is 175 Å². The number of unbranched alkanes of at least 4 members (excludes halogenated alkanes) is 33. The van der Waals surface area contributed by atoms with Crippen molar-refractivity contribution in [3.8, 4) is 0 Å². The van der Waals surface area contributed by atoms with Gasteiger partial charge in [-0.2, -0.15) is 0 Å². The van der Waals surface area contributed by atoms with Gasteiger partial charge in [0, 0.05) is 12.8 Å². The Morgan fingerprint density at radius 1 is 0.507 bits per heavy atom. The minimum atomic E-state index is -1.57. The molecule has 1 rings (SSSR count). The maximum absolute atomic E-state index is 13.0. The molecule has 1 amide bonds. The van der Waals surface area contributed by atoms with E-state index in [1.54, 1.807) is 6.08 Å². The van der Waals surface area contributed by atoms with Crippen LogP contribution in [0.25, 0.3) is 0 Å². The number of carbonyl (C=O) groups excluding carboxylic acids is 2. The lowest BCUT2D eigenvalue weighted by Gasteiger charge is -2.40. The average molecular weight is 1010 g/mol. The summed E-state index contributed by atoms with van der Waals surface area (Å²) < 4.78 is 16.7. The summed E-state index contributed by atoms with van der Waals surface area (Å²) >= 11 is 0. The lowest BCUT2D eigenvalue weighted by molar-refractivity contribution is -0.302. The van der Waals surface area contributed by atoms with Crippen molar-refractivity contribution in [2.24, 2.45) is 0 Å². The Morgan fingerprint density at radius 2 is 0.901 bits per heavy atom. The predicted octanol–water partition coefficient (Wildman–Crippen LogP) is 13.5. The van der Waals surface area contributed by atoms with Crippen molar-refractivity contribution in [1.29, 1.82) is 0 Å². The van der Waals surface area contributed by atoms with E-state index in [1.165, 1.54) is 154 Å². The van der Waals surface area contributed by atoms with Crippen LogP contribution < -0.4 is 5.32 Å². The standard InChI is InChI=1S/C60H111NO10/c1-3-5-7-9-11-13-14-15-16-22-25-28-32-36-40-44-48-56(65)69-49-45-41-37-33-29-26-23-20-18-17-19-21-24-27-31-35-39-43-47-55(64)61-52(53(63)46-42-38-34-30-12-10-8-6-4-2)51-70-60-59(68)58(67)57(66)54(50-62)71-60/h16,19,21-22,42,46,52-54,57-60,62-63,66-68H,3-15,17-18,20,23-41,43-45,47-51H2,1-2H3,(H,61,64)/b21-19-,22-16-,46-42+. The molecular formula is C60H111NO10. The molecule has 7 unspecified atom stereocenters. The minimum Gasteiger partial charge on any atom is -0.466 e. The molecule has 416 valence electrons. The molecule has 1 aliphatic rings. The quantitative estimate of drug-likeness (QED) is 0.0195. The Morgan fingerprint density at radius 3 is 1.35 bits per heavy atom. The van der Waals surface area contributed by atoms with Gasteiger partial charge in [-0.05, 0) is 83.5 Å². The highest BCUT2D eigenvalue weighted by Crippen LogP contribution is 2.23. The van der Waals surface area contributed by atoms with Gasteiger partial charge in [-0.1, -0.05) is 211 Å². The smallest absolute Gasteiger partial charge is 0.305 e. The molecule has 1 aliphatic heterocycles. The Labute approximate surface area is 434 Å². The highest BCUT2D eigenvalue weighted by molar-refractivity contribution is 5.76. The van der Waals surface area contributed by atoms with Crippen molar-refractivity contribution in [2.45, 2.75) is 314 Å². The van der Waals surface area contributed by atoms with Crippen molar-refractivity contribution in [2.75, 3.05) is 19.8 Å². The molecule has 0 aromatic heterocycles. The number of esters is 1. The van der Waals surface area contributed by atoms with Gasteiger partial charge >= 0.3 is 5.97 Å². The van der Waals surface area contributed by atoms with Gasteiger partial charge in [-0.25, -0.2) is 0 Å². The zero-order valence-corrected chi connectivity index (χ0v) is 45.7. The van der Waals surface area contributed by atoms with Gasteiger partial charge in [0.15, 0.2) is 6.29 Å². The van der Waals surface area contributed by atoms with Gasteiger partial charge in [0.25, 0.3) is 0 Å². The van der Waals surface area contributed by atoms with Gasteiger partial charge < -0.3 is 45.1 Å². The molecule has 7 atom stereocenters. The number of allylic oxidation sites excluding steroid dienone is 5. The van der Waals surface area contributed by atoms with Crippen molar-refractivity contribution in [1.82, 2.24) is 5.32 Å². The summed E-state index contributed by atoms with van der Waals surface area (Å²) in [6.45, 7) is 4.28. The van der Waals surface area contributed by atoms with E-state index in [9.17, 15) is 35.1 Å². The molecule has 1 saturated heterocycles. The number of rotatable bonds is 51. The van der Waals surface area contributed by atoms with E-state index in [-0.39, 0.29) is 18.5 Å². The van der Waals surface area contributed by atoms with E-state index >= 15 is 0 Å². The second kappa shape index (κ2) is 50.1. The van der Waals surface area contributed by atoms with Crippen LogP contribution in [0.2, 0.25) is 0 Å². The fourth-order valence-electron chi connectivity index (χ4n) is 9.19. The van der Waals surface area contributed by atoms with E-state index in [0.717, 1.165) is 89.9 Å². The number of amides is 1. The third-order valence-corrected chi connectivity index (χ3v) is 14.0. The Balaban J connectivity index is 2.04. The van der Waals surface area contributed by atoms with Crippen molar-refractivity contribution >= 4 is 11.9 Å². The molecule has 0 aromatic rings. The van der Waals surface area contributed by atoms with Crippen LogP contribution in [0.3, 0.4) is 0 Å². The SMILES string of the molecule is CCCCCCCCC/C=C\CCCCCCCC(=O)OCCCCCCCCCCC/C=C\CCCCCCCC(=O)NC(COC1OC(CO)C(O)C(O)C1O)C(O)/C=C/CCCCCCCCC. The summed E-state index contributed by atoms with van der Waals surface area (Å²) in [6.07, 6.45) is 51.0. The highest BCUT2D eigenvalue weighted by atomic mass is 16.7. The van der Waals surface area contributed by atoms with Crippen LogP contribution in [0.5, 0.6) is 0 Å². The molecule has 0 spiro atoms. The third kappa shape index (κ3) is 39.9. The largest absolute Gasteiger partial charge is 0.466 e. The molecular weight excluding hydrogens is 895 g/mol. The second-order valence-electron chi connectivity index (χ2n) is 20.7. The highest BCUT2D eigenvalue weighted by Gasteiger charge is 2.44. The molecule has 0 radical (unpaired) electrons. The fraction of sp³-hybridized carbons (Fsp3) is 0.867. The van der Waals surface area contributed by atoms with E-state index in [2.05, 4.69) is 43.5 Å². The van der Waals surface area contributed by atoms with Gasteiger partial charge in [0.2, 0.25) is 5.91 Å². The molecule has 1 fully saturated rings. The molecule has 6 N–H and O–H groups in total. The third-order valence-electron chi connectivity index (χ3n) is 14.0. The first-order valence-electron chi connectivity index (χ1n) is 29.8. The number of carbonyl (C=O) groups is 2. The van der Waals surface area contributed by atoms with Gasteiger partial charge in [-0.3, -0.25) is 9.59 Å². The maximum atomic E-state index is 13.0. The zero-order valence-electron chi connectivity index (χ0n) is 45.7. The van der Waals surface area contributed by atoms with E-state index in [1.807, 2.05) is 6.08 Å². The van der Waals surface area contributed by atoms with Crippen LogP contribution in [0, 0.1) is 0 Å². The molecule has 0 saturated carbocycles. The first-order chi connectivity index (χ1) is 34.7. The number of aliphatic hydroxyl groups excluding tert-OH is 5. The summed E-state index contributed by atoms with van der Waals surface area (Å²) in [4.78, 5) is 25.1. The summed E-state index contributed by atoms with van der Waals surface area (Å²) in [6, 6.07) is -0.819. The van der Waals surface area contributed by atoms with Gasteiger partial charge in [0.1, 0.15) is 24.4 Å². The van der Waals surface area contributed by atoms with Gasteiger partial charge in [-0.15, -0.1) is 0 Å². The summed E-state index contributed by atoms with van der Waals surface area (Å²) in [5, 5.41) is 54.2. The van der Waals surface area contributed by atoms with Crippen LogP contribution >= 0.6 is 0 Å². The van der Waals surface area contributed by atoms with Crippen LogP contribution in [0.1, 0.15) is 271 Å². The molecule has 0 aromatic carbocycles. The van der Waals surface area contributed by atoms with Crippen LogP contribution in [0.15, 0.2) is 36.5 Å². The number of nitrogens with one attached hydrogen (secondary N) is 1. The average Bonchev–Trinajstić information content (AvgIpc) is 3.37. The van der Waals surface area contributed by atoms with Gasteiger partial charge in [0.05, 0.1) is 32.0 Å². The van der Waals surface area contributed by atoms with Crippen LogP contribution in [-0.2, 0) is 23.8 Å². The van der Waals surface area contributed by atoms with E-state index in [4.69, 9.17) is 14.2 Å². The Hall–Kier alpha value is -2.12. The molecule has 71 heavy (non-hydrogen) atoms. The van der Waals surface area contributed by atoms with E-state index in [0.29, 0.717) is 19.4 Å². The number of ether oxygens (including phenoxy) is 3. The molecule has 11 nitrogen and oxygen atoms in total. The number of hydrogen-bond acceptors (Lipinski definition) is 10. The maximum Gasteiger partial charge on any atom is 0.305 e. The molecule has 1 heterocycles. The van der Waals surface area contributed by atoms with Crippen molar-refractivity contribution in [3.63, 3.8) is 0 Å². The molecule has 11 heteroatoms. The normalized spacial score (nSPS) is 19.3. The summed E-state index contributed by atoms with van der Waals surface area (Å²) in [5.41, 5.74) is 0. The predicted molar refractivity (Wildman–Crippen MR) is 292 cm³/mol. The lowest BCUT2D eigenvalue weighted by Crippen LogP contribution is -2.60. The fourth-order valence-corrected chi connectivity index (χ4v) is 9.19. The van der Waals surface area contributed by atoms with Crippen LogP contribution in [-0.4, -0.2) is 100 Å². The van der Waals surface area contributed by atoms with Crippen molar-refractivity contribution in [3.05, 3.63) is 36.5 Å². The Kier molecular flexibility index (Phi) is 47.2. The zero-order chi connectivity index (χ0) is 51.7. The lowest BCUT2D eigenvalue weighted by atomic mass is 9.99. The van der Waals surface area contributed by atoms with E-state index < -0.39 is 49.5 Å². The first kappa shape index (κ1) is 66.9. The molecule has 0 bridgehead atoms. The number of aliphatic hydroxyl groups is 5. The van der Waals surface area contributed by atoms with Crippen LogP contribution in [0.4, 0.5) is 0 Å². The van der Waals surface area contributed by atoms with Crippen molar-refractivity contribution < 1.29 is 49.3 Å². The number of hydrogen-bond donors (Lipinski definition) is 6. The Bertz CT molecular complexity index is 1280. The summed E-state index contributed by atoms with van der Waals surface area (Å²) in [5.74, 6) is -0.219. The second-order valence-corrected chi connectivity index (χ2v) is 20.7. The minimum absolute atomic E-state index is 0.0206.